The van der Waals surface area contributed by atoms with E-state index in [0.717, 1.165) is 32.9 Å². The highest BCUT2D eigenvalue weighted by Gasteiger charge is 2.18. The number of nitrogens with zero attached hydrogens (tertiary/aromatic N) is 3. The van der Waals surface area contributed by atoms with Gasteiger partial charge >= 0.3 is 0 Å². The SMILES string of the molecule is Cc1cccc(-n2cc(-c3ccccc3)c3c(SCC(=O)c4ccccc4)ncnc32)c1. The van der Waals surface area contributed by atoms with Crippen LogP contribution in [-0.2, 0) is 0 Å². The van der Waals surface area contributed by atoms with Crippen LogP contribution >= 0.6 is 11.8 Å². The maximum atomic E-state index is 12.7. The zero-order valence-electron chi connectivity index (χ0n) is 17.6. The van der Waals surface area contributed by atoms with Crippen molar-refractivity contribution in [3.63, 3.8) is 0 Å². The van der Waals surface area contributed by atoms with Crippen LogP contribution in [0.2, 0.25) is 0 Å². The second-order valence-electron chi connectivity index (χ2n) is 7.57. The van der Waals surface area contributed by atoms with E-state index in [9.17, 15) is 4.79 Å². The molecule has 3 aromatic carbocycles. The number of benzene rings is 3. The van der Waals surface area contributed by atoms with Crippen LogP contribution in [0.15, 0.2) is 102 Å². The Morgan fingerprint density at radius 3 is 2.41 bits per heavy atom. The molecule has 0 saturated carbocycles. The number of fused-ring (bicyclic) bond motifs is 1. The van der Waals surface area contributed by atoms with Crippen LogP contribution in [0.1, 0.15) is 15.9 Å². The molecule has 32 heavy (non-hydrogen) atoms. The molecule has 0 unspecified atom stereocenters. The van der Waals surface area contributed by atoms with E-state index >= 15 is 0 Å². The molecule has 0 atom stereocenters. The van der Waals surface area contributed by atoms with Crippen molar-refractivity contribution in [3.05, 3.63) is 109 Å². The number of carbonyl (C=O) groups is 1. The Hall–Kier alpha value is -3.70. The normalized spacial score (nSPS) is 11.0. The van der Waals surface area contributed by atoms with E-state index in [1.807, 2.05) is 54.6 Å². The number of ketones is 1. The van der Waals surface area contributed by atoms with Crippen molar-refractivity contribution in [1.82, 2.24) is 14.5 Å². The summed E-state index contributed by atoms with van der Waals surface area (Å²) in [5.41, 5.74) is 5.92. The highest BCUT2D eigenvalue weighted by atomic mass is 32.2. The number of hydrogen-bond acceptors (Lipinski definition) is 4. The summed E-state index contributed by atoms with van der Waals surface area (Å²) in [5, 5.41) is 1.77. The summed E-state index contributed by atoms with van der Waals surface area (Å²) < 4.78 is 2.11. The molecular formula is C27H21N3OS. The lowest BCUT2D eigenvalue weighted by Crippen LogP contribution is -2.02. The first-order chi connectivity index (χ1) is 15.7. The van der Waals surface area contributed by atoms with Crippen molar-refractivity contribution in [2.24, 2.45) is 0 Å². The van der Waals surface area contributed by atoms with Crippen molar-refractivity contribution in [2.45, 2.75) is 11.9 Å². The molecule has 156 valence electrons. The summed E-state index contributed by atoms with van der Waals surface area (Å²) in [5.74, 6) is 0.404. The minimum absolute atomic E-state index is 0.0849. The van der Waals surface area contributed by atoms with Crippen LogP contribution in [-0.4, -0.2) is 26.1 Å². The summed E-state index contributed by atoms with van der Waals surface area (Å²) in [6.07, 6.45) is 3.70. The molecule has 0 N–H and O–H groups in total. The van der Waals surface area contributed by atoms with Crippen molar-refractivity contribution < 1.29 is 4.79 Å². The van der Waals surface area contributed by atoms with Gasteiger partial charge in [0, 0.05) is 23.0 Å². The van der Waals surface area contributed by atoms with Gasteiger partial charge in [0.2, 0.25) is 0 Å². The Morgan fingerprint density at radius 1 is 0.906 bits per heavy atom. The predicted octanol–water partition coefficient (Wildman–Crippen LogP) is 6.37. The molecule has 5 rings (SSSR count). The van der Waals surface area contributed by atoms with Gasteiger partial charge in [-0.1, -0.05) is 84.6 Å². The molecule has 0 radical (unpaired) electrons. The lowest BCUT2D eigenvalue weighted by atomic mass is 10.1. The molecule has 0 amide bonds. The first kappa shape index (κ1) is 20.2. The first-order valence-corrected chi connectivity index (χ1v) is 11.4. The van der Waals surface area contributed by atoms with E-state index in [2.05, 4.69) is 58.0 Å². The smallest absolute Gasteiger partial charge is 0.173 e. The van der Waals surface area contributed by atoms with Crippen LogP contribution in [0.5, 0.6) is 0 Å². The molecule has 5 heteroatoms. The van der Waals surface area contributed by atoms with E-state index in [1.54, 1.807) is 6.33 Å². The third-order valence-corrected chi connectivity index (χ3v) is 6.34. The summed E-state index contributed by atoms with van der Waals surface area (Å²) in [4.78, 5) is 21.9. The number of thioether (sulfide) groups is 1. The number of rotatable bonds is 6. The molecule has 2 heterocycles. The van der Waals surface area contributed by atoms with Crippen molar-refractivity contribution in [1.29, 1.82) is 0 Å². The molecule has 0 aliphatic carbocycles. The maximum absolute atomic E-state index is 12.7. The molecule has 2 aromatic heterocycles. The largest absolute Gasteiger partial charge is 0.301 e. The van der Waals surface area contributed by atoms with Gasteiger partial charge in [-0.15, -0.1) is 0 Å². The third kappa shape index (κ3) is 3.95. The van der Waals surface area contributed by atoms with Gasteiger partial charge in [-0.2, -0.15) is 0 Å². The Labute approximate surface area is 191 Å². The molecule has 0 fully saturated rings. The van der Waals surface area contributed by atoms with Crippen molar-refractivity contribution >= 4 is 28.6 Å². The zero-order valence-corrected chi connectivity index (χ0v) is 18.4. The molecule has 4 nitrogen and oxygen atoms in total. The second kappa shape index (κ2) is 8.81. The fraction of sp³-hybridized carbons (Fsp3) is 0.0741. The Bertz CT molecular complexity index is 1390. The van der Waals surface area contributed by atoms with Crippen molar-refractivity contribution in [2.75, 3.05) is 5.75 Å². The topological polar surface area (TPSA) is 47.8 Å². The maximum Gasteiger partial charge on any atom is 0.173 e. The van der Waals surface area contributed by atoms with E-state index in [4.69, 9.17) is 0 Å². The highest BCUT2D eigenvalue weighted by molar-refractivity contribution is 8.00. The van der Waals surface area contributed by atoms with E-state index in [1.165, 1.54) is 17.3 Å². The monoisotopic (exact) mass is 435 g/mol. The minimum Gasteiger partial charge on any atom is -0.301 e. The molecule has 0 aliphatic rings. The van der Waals surface area contributed by atoms with Gasteiger partial charge in [0.1, 0.15) is 17.0 Å². The Kier molecular flexibility index (Phi) is 5.57. The van der Waals surface area contributed by atoms with Crippen LogP contribution in [0.25, 0.3) is 27.8 Å². The molecule has 0 aliphatic heterocycles. The van der Waals surface area contributed by atoms with Crippen LogP contribution in [0.3, 0.4) is 0 Å². The molecule has 0 bridgehead atoms. The third-order valence-electron chi connectivity index (χ3n) is 5.35. The van der Waals surface area contributed by atoms with E-state index in [0.29, 0.717) is 11.3 Å². The van der Waals surface area contributed by atoms with Gasteiger partial charge in [-0.3, -0.25) is 4.79 Å². The lowest BCUT2D eigenvalue weighted by molar-refractivity contribution is 0.102. The number of hydrogen-bond donors (Lipinski definition) is 0. The van der Waals surface area contributed by atoms with Gasteiger partial charge < -0.3 is 4.57 Å². The Morgan fingerprint density at radius 2 is 1.66 bits per heavy atom. The Balaban J connectivity index is 1.62. The summed E-state index contributed by atoms with van der Waals surface area (Å²) in [6.45, 7) is 2.08. The van der Waals surface area contributed by atoms with E-state index in [-0.39, 0.29) is 5.78 Å². The highest BCUT2D eigenvalue weighted by Crippen LogP contribution is 2.37. The molecule has 0 saturated heterocycles. The van der Waals surface area contributed by atoms with E-state index < -0.39 is 0 Å². The van der Waals surface area contributed by atoms with Gasteiger partial charge in [0.05, 0.1) is 11.1 Å². The van der Waals surface area contributed by atoms with Crippen LogP contribution in [0, 0.1) is 6.92 Å². The number of Topliss-reactive ketones (excluding diaryl/α,β-unsaturated/α-hetero) is 1. The lowest BCUT2D eigenvalue weighted by Gasteiger charge is -2.07. The first-order valence-electron chi connectivity index (χ1n) is 10.4. The quantitative estimate of drug-likeness (QED) is 0.177. The fourth-order valence-electron chi connectivity index (χ4n) is 3.80. The number of aromatic nitrogens is 3. The number of carbonyl (C=O) groups excluding carboxylic acids is 1. The predicted molar refractivity (Wildman–Crippen MR) is 131 cm³/mol. The zero-order chi connectivity index (χ0) is 21.9. The van der Waals surface area contributed by atoms with Crippen LogP contribution in [0.4, 0.5) is 0 Å². The fourth-order valence-corrected chi connectivity index (χ4v) is 4.70. The van der Waals surface area contributed by atoms with Gasteiger partial charge in [0.25, 0.3) is 0 Å². The van der Waals surface area contributed by atoms with Gasteiger partial charge in [0.15, 0.2) is 5.78 Å². The van der Waals surface area contributed by atoms with Gasteiger partial charge in [-0.05, 0) is 30.2 Å². The number of aryl methyl sites for hydroxylation is 1. The van der Waals surface area contributed by atoms with Crippen LogP contribution < -0.4 is 0 Å². The molecule has 5 aromatic rings. The average molecular weight is 436 g/mol. The molecular weight excluding hydrogens is 414 g/mol. The molecule has 0 spiro atoms. The average Bonchev–Trinajstić information content (AvgIpc) is 3.24. The van der Waals surface area contributed by atoms with Gasteiger partial charge in [-0.25, -0.2) is 9.97 Å². The minimum atomic E-state index is 0.0849. The second-order valence-corrected chi connectivity index (χ2v) is 8.54. The van der Waals surface area contributed by atoms with Crippen molar-refractivity contribution in [3.8, 4) is 16.8 Å². The summed E-state index contributed by atoms with van der Waals surface area (Å²) in [6, 6.07) is 28.0. The summed E-state index contributed by atoms with van der Waals surface area (Å²) >= 11 is 1.46. The summed E-state index contributed by atoms with van der Waals surface area (Å²) in [7, 11) is 0. The standard InChI is InChI=1S/C27H21N3OS/c1-19-9-8-14-22(15-19)30-16-23(20-10-4-2-5-11-20)25-26(30)28-18-29-27(25)32-17-24(31)21-12-6-3-7-13-21/h2-16,18H,17H2,1H3.